The van der Waals surface area contributed by atoms with Gasteiger partial charge in [-0.1, -0.05) is 25.1 Å². The smallest absolute Gasteiger partial charge is 0.287 e. The largest absolute Gasteiger partial charge is 0.493 e. The Labute approximate surface area is 194 Å². The molecule has 9 heteroatoms. The lowest BCUT2D eigenvalue weighted by atomic mass is 9.97. The van der Waals surface area contributed by atoms with Gasteiger partial charge in [0, 0.05) is 16.8 Å². The van der Waals surface area contributed by atoms with Gasteiger partial charge in [0.05, 0.1) is 17.2 Å². The van der Waals surface area contributed by atoms with Crippen LogP contribution in [-0.4, -0.2) is 25.1 Å². The van der Waals surface area contributed by atoms with Crippen molar-refractivity contribution < 1.29 is 9.90 Å². The first kappa shape index (κ1) is 21.5. The number of aryl methyl sites for hydroxylation is 3. The lowest BCUT2D eigenvalue weighted by Gasteiger charge is -2.12. The molecule has 33 heavy (non-hydrogen) atoms. The van der Waals surface area contributed by atoms with Crippen LogP contribution in [0.1, 0.15) is 49.6 Å². The van der Waals surface area contributed by atoms with E-state index in [4.69, 9.17) is 0 Å². The first-order valence-corrected chi connectivity index (χ1v) is 12.1. The maximum absolute atomic E-state index is 13.2. The van der Waals surface area contributed by atoms with Crippen molar-refractivity contribution in [3.05, 3.63) is 51.4 Å². The van der Waals surface area contributed by atoms with Crippen molar-refractivity contribution >= 4 is 44.1 Å². The molecule has 3 aromatic heterocycles. The van der Waals surface area contributed by atoms with Gasteiger partial charge in [0.2, 0.25) is 5.88 Å². The molecule has 0 saturated heterocycles. The minimum absolute atomic E-state index is 0.0209. The van der Waals surface area contributed by atoms with E-state index in [9.17, 15) is 14.7 Å². The van der Waals surface area contributed by atoms with Gasteiger partial charge >= 0.3 is 0 Å². The molecule has 0 fully saturated rings. The fraction of sp³-hybridized carbons (Fsp3) is 0.375. The van der Waals surface area contributed by atoms with Crippen LogP contribution in [0.2, 0.25) is 0 Å². The predicted molar refractivity (Wildman–Crippen MR) is 129 cm³/mol. The summed E-state index contributed by atoms with van der Waals surface area (Å²) in [7, 11) is 0. The molecular weight excluding hydrogens is 438 g/mol. The number of rotatable bonds is 5. The summed E-state index contributed by atoms with van der Waals surface area (Å²) in [6, 6.07) is 6.62. The highest BCUT2D eigenvalue weighted by molar-refractivity contribution is 7.18. The summed E-state index contributed by atoms with van der Waals surface area (Å²) in [6.45, 7) is 4.27. The molecule has 170 valence electrons. The zero-order valence-corrected chi connectivity index (χ0v) is 19.4. The van der Waals surface area contributed by atoms with Crippen LogP contribution in [0.3, 0.4) is 0 Å². The fourth-order valence-electron chi connectivity index (χ4n) is 4.56. The number of amides is 1. The highest BCUT2D eigenvalue weighted by atomic mass is 32.1. The van der Waals surface area contributed by atoms with E-state index in [0.29, 0.717) is 11.9 Å². The van der Waals surface area contributed by atoms with E-state index in [1.165, 1.54) is 15.8 Å². The Morgan fingerprint density at radius 2 is 2.06 bits per heavy atom. The number of aromatic hydroxyl groups is 1. The van der Waals surface area contributed by atoms with Crippen LogP contribution in [0, 0.1) is 0 Å². The van der Waals surface area contributed by atoms with Gasteiger partial charge in [-0.2, -0.15) is 0 Å². The standard InChI is InChI=1S/C24H25N5O3S/c1-3-12-28-17-10-6-4-8-15(17)20(24(28)32)26-27-21(30)14(2)29-13-25-22-19(23(29)31)16-9-5-7-11-18(16)33-22/h4,6,8,10,13-14,32H,3,5,7,9,11-12H2,1-2H3/t14-/m0/s1. The molecular formula is C24H25N5O3S. The monoisotopic (exact) mass is 463 g/mol. The van der Waals surface area contributed by atoms with E-state index in [-0.39, 0.29) is 17.1 Å². The maximum atomic E-state index is 13.2. The first-order chi connectivity index (χ1) is 16.0. The molecule has 0 unspecified atom stereocenters. The normalized spacial score (nSPS) is 14.8. The Morgan fingerprint density at radius 3 is 2.88 bits per heavy atom. The lowest BCUT2D eigenvalue weighted by molar-refractivity contribution is -0.121. The molecule has 1 atom stereocenters. The van der Waals surface area contributed by atoms with Crippen molar-refractivity contribution in [1.82, 2.24) is 14.1 Å². The van der Waals surface area contributed by atoms with Crippen LogP contribution in [0.15, 0.2) is 45.6 Å². The number of azo groups is 1. The van der Waals surface area contributed by atoms with Crippen LogP contribution in [0.4, 0.5) is 5.69 Å². The summed E-state index contributed by atoms with van der Waals surface area (Å²) in [5, 5.41) is 20.0. The topological polar surface area (TPSA) is 102 Å². The fourth-order valence-corrected chi connectivity index (χ4v) is 5.78. The number of carbonyl (C=O) groups excluding carboxylic acids is 1. The summed E-state index contributed by atoms with van der Waals surface area (Å²) >= 11 is 1.58. The Bertz CT molecular complexity index is 1460. The second-order valence-electron chi connectivity index (χ2n) is 8.40. The lowest BCUT2D eigenvalue weighted by Crippen LogP contribution is -2.27. The number of hydrogen-bond acceptors (Lipinski definition) is 6. The minimum Gasteiger partial charge on any atom is -0.493 e. The van der Waals surface area contributed by atoms with Gasteiger partial charge in [-0.3, -0.25) is 14.2 Å². The molecule has 0 spiro atoms. The molecule has 4 aromatic rings. The zero-order chi connectivity index (χ0) is 23.1. The summed E-state index contributed by atoms with van der Waals surface area (Å²) in [5.41, 5.74) is 1.97. The third kappa shape index (κ3) is 3.56. The summed E-state index contributed by atoms with van der Waals surface area (Å²) in [4.78, 5) is 32.6. The number of fused-ring (bicyclic) bond motifs is 4. The third-order valence-electron chi connectivity index (χ3n) is 6.29. The molecule has 8 nitrogen and oxygen atoms in total. The molecule has 3 heterocycles. The van der Waals surface area contributed by atoms with Crippen molar-refractivity contribution in [1.29, 1.82) is 0 Å². The number of nitrogens with zero attached hydrogens (tertiary/aromatic N) is 5. The van der Waals surface area contributed by atoms with Crippen LogP contribution >= 0.6 is 11.3 Å². The van der Waals surface area contributed by atoms with Gasteiger partial charge in [-0.25, -0.2) is 4.98 Å². The number of thiophene rings is 1. The van der Waals surface area contributed by atoms with Crippen molar-refractivity contribution in [2.45, 2.75) is 58.5 Å². The van der Waals surface area contributed by atoms with Gasteiger partial charge in [-0.05, 0) is 50.7 Å². The second kappa shape index (κ2) is 8.55. The summed E-state index contributed by atoms with van der Waals surface area (Å²) in [6.07, 6.45) is 6.31. The molecule has 5 rings (SSSR count). The molecule has 1 N–H and O–H groups in total. The number of aromatic nitrogens is 3. The molecule has 0 aliphatic heterocycles. The second-order valence-corrected chi connectivity index (χ2v) is 9.49. The van der Waals surface area contributed by atoms with Crippen molar-refractivity contribution in [2.75, 3.05) is 0 Å². The Hall–Kier alpha value is -3.33. The maximum Gasteiger partial charge on any atom is 0.287 e. The van der Waals surface area contributed by atoms with E-state index in [2.05, 4.69) is 15.2 Å². The molecule has 1 aliphatic rings. The Balaban J connectivity index is 1.49. The third-order valence-corrected chi connectivity index (χ3v) is 7.49. The molecule has 1 aromatic carbocycles. The highest BCUT2D eigenvalue weighted by Crippen LogP contribution is 2.39. The Kier molecular flexibility index (Phi) is 5.57. The quantitative estimate of drug-likeness (QED) is 0.407. The highest BCUT2D eigenvalue weighted by Gasteiger charge is 2.24. The molecule has 1 amide bonds. The number of carbonyl (C=O) groups is 1. The van der Waals surface area contributed by atoms with Crippen LogP contribution < -0.4 is 5.56 Å². The van der Waals surface area contributed by atoms with E-state index >= 15 is 0 Å². The van der Waals surface area contributed by atoms with Crippen molar-refractivity contribution in [3.8, 4) is 5.88 Å². The molecule has 0 radical (unpaired) electrons. The van der Waals surface area contributed by atoms with Gasteiger partial charge in [0.15, 0.2) is 5.69 Å². The van der Waals surface area contributed by atoms with Crippen LogP contribution in [-0.2, 0) is 24.2 Å². The number of para-hydroxylation sites is 1. The minimum atomic E-state index is -0.858. The SMILES string of the molecule is CCCn1c(O)c(N=NC(=O)[C@H](C)n2cnc3sc4c(c3c2=O)CCCC4)c2ccccc21. The molecule has 0 saturated carbocycles. The van der Waals surface area contributed by atoms with Crippen LogP contribution in [0.5, 0.6) is 5.88 Å². The number of benzene rings is 1. The predicted octanol–water partition coefficient (Wildman–Crippen LogP) is 5.28. The molecule has 1 aliphatic carbocycles. The van der Waals surface area contributed by atoms with E-state index in [1.54, 1.807) is 22.8 Å². The first-order valence-electron chi connectivity index (χ1n) is 11.3. The van der Waals surface area contributed by atoms with Gasteiger partial charge in [-0.15, -0.1) is 21.6 Å². The van der Waals surface area contributed by atoms with Crippen molar-refractivity contribution in [3.63, 3.8) is 0 Å². The van der Waals surface area contributed by atoms with Gasteiger partial charge in [0.1, 0.15) is 10.9 Å². The summed E-state index contributed by atoms with van der Waals surface area (Å²) < 4.78 is 3.10. The van der Waals surface area contributed by atoms with Crippen LogP contribution in [0.25, 0.3) is 21.1 Å². The van der Waals surface area contributed by atoms with E-state index in [0.717, 1.165) is 53.4 Å². The van der Waals surface area contributed by atoms with E-state index < -0.39 is 11.9 Å². The van der Waals surface area contributed by atoms with Gasteiger partial charge < -0.3 is 9.67 Å². The Morgan fingerprint density at radius 1 is 1.27 bits per heavy atom. The molecule has 0 bridgehead atoms. The summed E-state index contributed by atoms with van der Waals surface area (Å²) in [5.74, 6) is -0.596. The number of hydrogen-bond donors (Lipinski definition) is 1. The van der Waals surface area contributed by atoms with Crippen molar-refractivity contribution in [2.24, 2.45) is 10.2 Å². The zero-order valence-electron chi connectivity index (χ0n) is 18.6. The average molecular weight is 464 g/mol. The van der Waals surface area contributed by atoms with Gasteiger partial charge in [0.25, 0.3) is 11.5 Å². The average Bonchev–Trinajstić information content (AvgIpc) is 3.33. The van der Waals surface area contributed by atoms with E-state index in [1.807, 2.05) is 31.2 Å².